The molecule has 3 aromatic rings. The van der Waals surface area contributed by atoms with Crippen molar-refractivity contribution in [2.45, 2.75) is 17.9 Å². The van der Waals surface area contributed by atoms with Gasteiger partial charge in [-0.3, -0.25) is 4.79 Å². The second kappa shape index (κ2) is 8.59. The molecule has 0 aliphatic carbocycles. The van der Waals surface area contributed by atoms with Gasteiger partial charge in [0.25, 0.3) is 5.91 Å². The van der Waals surface area contributed by atoms with E-state index in [4.69, 9.17) is 0 Å². The van der Waals surface area contributed by atoms with Crippen LogP contribution in [0.1, 0.15) is 33.1 Å². The molecule has 6 heteroatoms. The van der Waals surface area contributed by atoms with E-state index in [1.165, 1.54) is 26.2 Å². The van der Waals surface area contributed by atoms with Gasteiger partial charge in [-0.15, -0.1) is 0 Å². The molecule has 1 N–H and O–H groups in total. The van der Waals surface area contributed by atoms with Gasteiger partial charge in [0.15, 0.2) is 0 Å². The molecule has 29 heavy (non-hydrogen) atoms. The van der Waals surface area contributed by atoms with Gasteiger partial charge in [0, 0.05) is 19.7 Å². The molecule has 0 aliphatic rings. The lowest BCUT2D eigenvalue weighted by molar-refractivity contribution is 0.0942. The fraction of sp³-hybridized carbons (Fsp3) is 0.174. The molecule has 0 radical (unpaired) electrons. The van der Waals surface area contributed by atoms with Crippen molar-refractivity contribution in [3.8, 4) is 0 Å². The molecule has 0 aromatic heterocycles. The highest BCUT2D eigenvalue weighted by Gasteiger charge is 2.22. The zero-order valence-corrected chi connectivity index (χ0v) is 17.5. The predicted octanol–water partition coefficient (Wildman–Crippen LogP) is 3.76. The average Bonchev–Trinajstić information content (AvgIpc) is 2.73. The Bertz CT molecular complexity index is 1110. The molecule has 0 aliphatic heterocycles. The summed E-state index contributed by atoms with van der Waals surface area (Å²) in [6, 6.07) is 23.3. The summed E-state index contributed by atoms with van der Waals surface area (Å²) in [7, 11) is -0.691. The summed E-state index contributed by atoms with van der Waals surface area (Å²) in [5, 5.41) is 3.07. The maximum absolute atomic E-state index is 13.0. The lowest BCUT2D eigenvalue weighted by Gasteiger charge is -2.22. The molecule has 5 nitrogen and oxygen atoms in total. The number of aryl methyl sites for hydroxylation is 1. The molecule has 0 heterocycles. The van der Waals surface area contributed by atoms with Gasteiger partial charge in [-0.1, -0.05) is 60.7 Å². The Balaban J connectivity index is 1.97. The van der Waals surface area contributed by atoms with Crippen LogP contribution in [0.2, 0.25) is 0 Å². The fourth-order valence-electron chi connectivity index (χ4n) is 3.12. The van der Waals surface area contributed by atoms with E-state index in [0.717, 1.165) is 21.0 Å². The van der Waals surface area contributed by atoms with Crippen LogP contribution in [-0.4, -0.2) is 32.7 Å². The summed E-state index contributed by atoms with van der Waals surface area (Å²) in [5.41, 5.74) is 3.30. The van der Waals surface area contributed by atoms with Crippen molar-refractivity contribution < 1.29 is 13.2 Å². The number of nitrogens with zero attached hydrogens (tertiary/aromatic N) is 1. The number of sulfonamides is 1. The van der Waals surface area contributed by atoms with Gasteiger partial charge in [0.1, 0.15) is 0 Å². The van der Waals surface area contributed by atoms with Gasteiger partial charge in [0.2, 0.25) is 10.0 Å². The zero-order chi connectivity index (χ0) is 21.0. The molecule has 1 amide bonds. The molecule has 0 unspecified atom stereocenters. The summed E-state index contributed by atoms with van der Waals surface area (Å²) in [6.07, 6.45) is 0. The third-order valence-electron chi connectivity index (χ3n) is 4.78. The van der Waals surface area contributed by atoms with Crippen molar-refractivity contribution in [3.63, 3.8) is 0 Å². The molecule has 0 spiro atoms. The highest BCUT2D eigenvalue weighted by molar-refractivity contribution is 7.89. The second-order valence-corrected chi connectivity index (χ2v) is 9.14. The molecular weight excluding hydrogens is 384 g/mol. The first kappa shape index (κ1) is 20.8. The first-order valence-corrected chi connectivity index (χ1v) is 10.7. The zero-order valence-electron chi connectivity index (χ0n) is 16.7. The van der Waals surface area contributed by atoms with E-state index in [0.29, 0.717) is 5.56 Å². The highest BCUT2D eigenvalue weighted by atomic mass is 32.2. The van der Waals surface area contributed by atoms with Crippen LogP contribution in [0.25, 0.3) is 0 Å². The molecule has 0 saturated carbocycles. The minimum Gasteiger partial charge on any atom is -0.341 e. The van der Waals surface area contributed by atoms with E-state index in [1.54, 1.807) is 12.1 Å². The van der Waals surface area contributed by atoms with Crippen LogP contribution in [0.3, 0.4) is 0 Å². The molecule has 0 bridgehead atoms. The maximum atomic E-state index is 13.0. The van der Waals surface area contributed by atoms with Crippen LogP contribution >= 0.6 is 0 Å². The standard InChI is InChI=1S/C23H24N2O3S/c1-17-10-7-8-15-21(17)22(18-11-5-4-6-12-18)24-23(26)19-13-9-14-20(16-19)29(27,28)25(2)3/h4-16,22H,1-3H3,(H,24,26)/t22-/m0/s1. The Labute approximate surface area is 172 Å². The minimum absolute atomic E-state index is 0.0855. The minimum atomic E-state index is -3.62. The van der Waals surface area contributed by atoms with Crippen molar-refractivity contribution in [1.29, 1.82) is 0 Å². The predicted molar refractivity (Wildman–Crippen MR) is 114 cm³/mol. The molecule has 3 aromatic carbocycles. The number of benzene rings is 3. The normalized spacial score (nSPS) is 12.6. The van der Waals surface area contributed by atoms with Crippen LogP contribution in [0.5, 0.6) is 0 Å². The van der Waals surface area contributed by atoms with Crippen LogP contribution in [-0.2, 0) is 10.0 Å². The van der Waals surface area contributed by atoms with Gasteiger partial charge in [-0.05, 0) is 41.8 Å². The number of hydrogen-bond acceptors (Lipinski definition) is 3. The van der Waals surface area contributed by atoms with Crippen molar-refractivity contribution in [1.82, 2.24) is 9.62 Å². The molecular formula is C23H24N2O3S. The Morgan fingerprint density at radius 2 is 1.55 bits per heavy atom. The molecule has 1 atom stereocenters. The summed E-state index contributed by atoms with van der Waals surface area (Å²) >= 11 is 0. The number of nitrogens with one attached hydrogen (secondary N) is 1. The Morgan fingerprint density at radius 3 is 2.21 bits per heavy atom. The van der Waals surface area contributed by atoms with Gasteiger partial charge in [-0.2, -0.15) is 0 Å². The first-order chi connectivity index (χ1) is 13.8. The molecule has 3 rings (SSSR count). The molecule has 0 fully saturated rings. The number of rotatable bonds is 6. The first-order valence-electron chi connectivity index (χ1n) is 9.24. The monoisotopic (exact) mass is 408 g/mol. The quantitative estimate of drug-likeness (QED) is 0.675. The van der Waals surface area contributed by atoms with E-state index in [-0.39, 0.29) is 16.8 Å². The molecule has 150 valence electrons. The van der Waals surface area contributed by atoms with Crippen LogP contribution in [0, 0.1) is 6.92 Å². The van der Waals surface area contributed by atoms with Gasteiger partial charge < -0.3 is 5.32 Å². The van der Waals surface area contributed by atoms with E-state index < -0.39 is 10.0 Å². The third-order valence-corrected chi connectivity index (χ3v) is 6.59. The van der Waals surface area contributed by atoms with Gasteiger partial charge in [0.05, 0.1) is 10.9 Å². The number of carbonyl (C=O) groups is 1. The SMILES string of the molecule is Cc1ccccc1[C@@H](NC(=O)c1cccc(S(=O)(=O)N(C)C)c1)c1ccccc1. The van der Waals surface area contributed by atoms with Crippen LogP contribution in [0.15, 0.2) is 83.8 Å². The van der Waals surface area contributed by atoms with E-state index in [9.17, 15) is 13.2 Å². The van der Waals surface area contributed by atoms with Crippen LogP contribution in [0.4, 0.5) is 0 Å². The third kappa shape index (κ3) is 4.55. The van der Waals surface area contributed by atoms with Crippen molar-refractivity contribution in [3.05, 3.63) is 101 Å². The Hall–Kier alpha value is -2.96. The summed E-state index contributed by atoms with van der Waals surface area (Å²) in [6.45, 7) is 2.00. The fourth-order valence-corrected chi connectivity index (χ4v) is 4.07. The smallest absolute Gasteiger partial charge is 0.252 e. The number of carbonyl (C=O) groups excluding carboxylic acids is 1. The molecule has 0 saturated heterocycles. The van der Waals surface area contributed by atoms with Crippen molar-refractivity contribution in [2.75, 3.05) is 14.1 Å². The summed E-state index contributed by atoms with van der Waals surface area (Å²) in [4.78, 5) is 13.1. The van der Waals surface area contributed by atoms with Crippen molar-refractivity contribution in [2.24, 2.45) is 0 Å². The summed E-state index contributed by atoms with van der Waals surface area (Å²) < 4.78 is 26.0. The maximum Gasteiger partial charge on any atom is 0.252 e. The lowest BCUT2D eigenvalue weighted by Crippen LogP contribution is -2.30. The lowest BCUT2D eigenvalue weighted by atomic mass is 9.94. The summed E-state index contributed by atoms with van der Waals surface area (Å²) in [5.74, 6) is -0.335. The van der Waals surface area contributed by atoms with Crippen LogP contribution < -0.4 is 5.32 Å². The Kier molecular flexibility index (Phi) is 6.15. The highest BCUT2D eigenvalue weighted by Crippen LogP contribution is 2.25. The van der Waals surface area contributed by atoms with E-state index in [2.05, 4.69) is 5.32 Å². The number of hydrogen-bond donors (Lipinski definition) is 1. The second-order valence-electron chi connectivity index (χ2n) is 6.99. The topological polar surface area (TPSA) is 66.5 Å². The average molecular weight is 409 g/mol. The number of amides is 1. The van der Waals surface area contributed by atoms with Gasteiger partial charge in [-0.25, -0.2) is 12.7 Å². The van der Waals surface area contributed by atoms with Gasteiger partial charge >= 0.3 is 0 Å². The van der Waals surface area contributed by atoms with E-state index in [1.807, 2.05) is 61.5 Å². The Morgan fingerprint density at radius 1 is 0.897 bits per heavy atom. The van der Waals surface area contributed by atoms with E-state index >= 15 is 0 Å². The van der Waals surface area contributed by atoms with Crippen molar-refractivity contribution >= 4 is 15.9 Å². The largest absolute Gasteiger partial charge is 0.341 e.